The van der Waals surface area contributed by atoms with E-state index in [4.69, 9.17) is 9.47 Å². The highest BCUT2D eigenvalue weighted by molar-refractivity contribution is 9.10. The standard InChI is InChI=1S/C27H24BrN3O4S/c1-13-22(25(33)31-26-30-16-6-5-15(28)9-21(16)36-26)23(14-4-7-19-20(8-14)35-12-34-19)24-17(29-13)10-27(2,3)11-18(24)32/h4-9,23,29H,10-12H2,1-3H3,(H,30,31,33). The number of carbonyl (C=O) groups is 2. The molecule has 3 heterocycles. The number of carbonyl (C=O) groups excluding carboxylic acids is 2. The van der Waals surface area contributed by atoms with Crippen molar-refractivity contribution in [2.75, 3.05) is 12.1 Å². The van der Waals surface area contributed by atoms with Crippen LogP contribution in [0.15, 0.2) is 63.4 Å². The molecule has 2 aliphatic heterocycles. The number of Topliss-reactive ketones (excluding diaryl/α,β-unsaturated/α-hetero) is 1. The number of hydrogen-bond acceptors (Lipinski definition) is 7. The molecule has 36 heavy (non-hydrogen) atoms. The lowest BCUT2D eigenvalue weighted by Crippen LogP contribution is -2.39. The van der Waals surface area contributed by atoms with Gasteiger partial charge in [-0.25, -0.2) is 4.98 Å². The van der Waals surface area contributed by atoms with Crippen LogP contribution in [-0.4, -0.2) is 23.5 Å². The SMILES string of the molecule is CC1=C(C(=O)Nc2nc3ccc(Br)cc3s2)C(c2ccc3c(c2)OCO3)C2=C(CC(C)(C)CC2=O)N1. The van der Waals surface area contributed by atoms with Crippen molar-refractivity contribution in [1.82, 2.24) is 10.3 Å². The molecule has 1 atom stereocenters. The van der Waals surface area contributed by atoms with E-state index in [9.17, 15) is 9.59 Å². The molecule has 7 nitrogen and oxygen atoms in total. The summed E-state index contributed by atoms with van der Waals surface area (Å²) in [4.78, 5) is 31.9. The third-order valence-electron chi connectivity index (χ3n) is 6.79. The van der Waals surface area contributed by atoms with Gasteiger partial charge in [0.05, 0.1) is 10.2 Å². The summed E-state index contributed by atoms with van der Waals surface area (Å²) >= 11 is 4.89. The fourth-order valence-electron chi connectivity index (χ4n) is 5.28. The molecule has 9 heteroatoms. The van der Waals surface area contributed by atoms with E-state index in [0.29, 0.717) is 34.2 Å². The number of ether oxygens (including phenoxy) is 2. The fourth-order valence-corrected chi connectivity index (χ4v) is 6.69. The molecule has 3 aliphatic rings. The number of ketones is 1. The van der Waals surface area contributed by atoms with Crippen LogP contribution in [0.1, 0.15) is 45.1 Å². The molecule has 0 fully saturated rings. The Bertz CT molecular complexity index is 1520. The van der Waals surface area contributed by atoms with Crippen LogP contribution >= 0.6 is 27.3 Å². The van der Waals surface area contributed by atoms with Crippen molar-refractivity contribution >= 4 is 54.3 Å². The first-order valence-corrected chi connectivity index (χ1v) is 13.3. The molecular weight excluding hydrogens is 542 g/mol. The monoisotopic (exact) mass is 565 g/mol. The summed E-state index contributed by atoms with van der Waals surface area (Å²) in [7, 11) is 0. The minimum Gasteiger partial charge on any atom is -0.454 e. The zero-order valence-corrected chi connectivity index (χ0v) is 22.4. The third-order valence-corrected chi connectivity index (χ3v) is 8.21. The Balaban J connectivity index is 1.43. The predicted molar refractivity (Wildman–Crippen MR) is 142 cm³/mol. The zero-order chi connectivity index (χ0) is 25.2. The van der Waals surface area contributed by atoms with Gasteiger partial charge in [0.25, 0.3) is 5.91 Å². The normalized spacial score (nSPS) is 20.4. The highest BCUT2D eigenvalue weighted by atomic mass is 79.9. The second kappa shape index (κ2) is 8.45. The Morgan fingerprint density at radius 3 is 2.81 bits per heavy atom. The molecule has 2 N–H and O–H groups in total. The number of amides is 1. The van der Waals surface area contributed by atoms with Gasteiger partial charge in [0, 0.05) is 39.4 Å². The first-order valence-electron chi connectivity index (χ1n) is 11.7. The number of anilines is 1. The number of allylic oxidation sites excluding steroid dienone is 3. The maximum Gasteiger partial charge on any atom is 0.256 e. The van der Waals surface area contributed by atoms with E-state index in [1.807, 2.05) is 43.3 Å². The maximum atomic E-state index is 13.8. The minimum atomic E-state index is -0.525. The molecule has 184 valence electrons. The average molecular weight is 566 g/mol. The Hall–Kier alpha value is -3.17. The lowest BCUT2D eigenvalue weighted by atomic mass is 9.68. The van der Waals surface area contributed by atoms with E-state index in [1.165, 1.54) is 11.3 Å². The molecule has 0 spiro atoms. The van der Waals surface area contributed by atoms with Gasteiger partial charge in [0.1, 0.15) is 0 Å². The van der Waals surface area contributed by atoms with Crippen molar-refractivity contribution in [3.63, 3.8) is 0 Å². The van der Waals surface area contributed by atoms with Gasteiger partial charge in [-0.3, -0.25) is 14.9 Å². The molecule has 0 saturated carbocycles. The van der Waals surface area contributed by atoms with Crippen molar-refractivity contribution < 1.29 is 19.1 Å². The van der Waals surface area contributed by atoms with E-state index in [0.717, 1.165) is 38.1 Å². The first-order chi connectivity index (χ1) is 17.2. The van der Waals surface area contributed by atoms with E-state index >= 15 is 0 Å². The molecular formula is C27H24BrN3O4S. The van der Waals surface area contributed by atoms with Gasteiger partial charge < -0.3 is 14.8 Å². The van der Waals surface area contributed by atoms with Gasteiger partial charge in [-0.05, 0) is 54.7 Å². The largest absolute Gasteiger partial charge is 0.454 e. The van der Waals surface area contributed by atoms with Gasteiger partial charge in [0.15, 0.2) is 22.4 Å². The number of nitrogens with zero attached hydrogens (tertiary/aromatic N) is 1. The van der Waals surface area contributed by atoms with Crippen molar-refractivity contribution in [2.45, 2.75) is 39.5 Å². The number of fused-ring (bicyclic) bond motifs is 2. The molecule has 2 aromatic carbocycles. The number of nitrogens with one attached hydrogen (secondary N) is 2. The number of aromatic nitrogens is 1. The van der Waals surface area contributed by atoms with Crippen LogP contribution in [0.4, 0.5) is 5.13 Å². The number of hydrogen-bond donors (Lipinski definition) is 2. The highest BCUT2D eigenvalue weighted by Gasteiger charge is 2.43. The third kappa shape index (κ3) is 4.00. The Morgan fingerprint density at radius 1 is 1.17 bits per heavy atom. The van der Waals surface area contributed by atoms with Crippen molar-refractivity contribution in [3.05, 3.63) is 69.0 Å². The second-order valence-electron chi connectivity index (χ2n) is 10.1. The van der Waals surface area contributed by atoms with Crippen LogP contribution in [0.5, 0.6) is 11.5 Å². The van der Waals surface area contributed by atoms with E-state index in [-0.39, 0.29) is 23.9 Å². The summed E-state index contributed by atoms with van der Waals surface area (Å²) in [6, 6.07) is 11.4. The average Bonchev–Trinajstić information content (AvgIpc) is 3.42. The van der Waals surface area contributed by atoms with Crippen LogP contribution in [0.25, 0.3) is 10.2 Å². The van der Waals surface area contributed by atoms with Crippen molar-refractivity contribution in [1.29, 1.82) is 0 Å². The molecule has 1 aliphatic carbocycles. The Kier molecular flexibility index (Phi) is 5.46. The van der Waals surface area contributed by atoms with Crippen LogP contribution in [0, 0.1) is 5.41 Å². The highest BCUT2D eigenvalue weighted by Crippen LogP contribution is 2.48. The van der Waals surface area contributed by atoms with E-state index in [2.05, 4.69) is 45.4 Å². The maximum absolute atomic E-state index is 13.8. The van der Waals surface area contributed by atoms with Gasteiger partial charge in [-0.15, -0.1) is 0 Å². The molecule has 0 bridgehead atoms. The van der Waals surface area contributed by atoms with Gasteiger partial charge in [-0.1, -0.05) is 47.2 Å². The molecule has 1 aromatic heterocycles. The molecule has 3 aromatic rings. The summed E-state index contributed by atoms with van der Waals surface area (Å²) < 4.78 is 13.0. The summed E-state index contributed by atoms with van der Waals surface area (Å²) in [6.07, 6.45) is 1.16. The summed E-state index contributed by atoms with van der Waals surface area (Å²) in [5.74, 6) is 0.517. The van der Waals surface area contributed by atoms with E-state index < -0.39 is 5.92 Å². The topological polar surface area (TPSA) is 89.6 Å². The van der Waals surface area contributed by atoms with Crippen LogP contribution in [0.2, 0.25) is 0 Å². The smallest absolute Gasteiger partial charge is 0.256 e. The number of benzene rings is 2. The minimum absolute atomic E-state index is 0.0547. The van der Waals surface area contributed by atoms with Gasteiger partial charge in [-0.2, -0.15) is 0 Å². The molecule has 1 amide bonds. The zero-order valence-electron chi connectivity index (χ0n) is 20.0. The molecule has 6 rings (SSSR count). The number of dihydropyridines is 1. The van der Waals surface area contributed by atoms with Gasteiger partial charge >= 0.3 is 0 Å². The summed E-state index contributed by atoms with van der Waals surface area (Å²) in [5.41, 5.74) is 4.24. The van der Waals surface area contributed by atoms with Crippen LogP contribution in [0.3, 0.4) is 0 Å². The number of rotatable bonds is 3. The lowest BCUT2D eigenvalue weighted by Gasteiger charge is -2.39. The van der Waals surface area contributed by atoms with Crippen molar-refractivity contribution in [2.24, 2.45) is 5.41 Å². The Morgan fingerprint density at radius 2 is 1.97 bits per heavy atom. The van der Waals surface area contributed by atoms with Crippen LogP contribution < -0.4 is 20.1 Å². The Labute approximate surface area is 220 Å². The summed E-state index contributed by atoms with van der Waals surface area (Å²) in [5, 5.41) is 6.91. The fraction of sp³-hybridized carbons (Fsp3) is 0.296. The van der Waals surface area contributed by atoms with Crippen LogP contribution in [-0.2, 0) is 9.59 Å². The van der Waals surface area contributed by atoms with E-state index in [1.54, 1.807) is 0 Å². The van der Waals surface area contributed by atoms with Gasteiger partial charge in [0.2, 0.25) is 6.79 Å². The quantitative estimate of drug-likeness (QED) is 0.403. The number of thiazole rings is 1. The second-order valence-corrected chi connectivity index (χ2v) is 12.1. The lowest BCUT2D eigenvalue weighted by molar-refractivity contribution is -0.118. The molecule has 0 radical (unpaired) electrons. The molecule has 0 saturated heterocycles. The predicted octanol–water partition coefficient (Wildman–Crippen LogP) is 6.03. The first kappa shape index (κ1) is 23.2. The summed E-state index contributed by atoms with van der Waals surface area (Å²) in [6.45, 7) is 6.24. The van der Waals surface area contributed by atoms with Crippen molar-refractivity contribution in [3.8, 4) is 11.5 Å². The number of halogens is 1. The molecule has 1 unspecified atom stereocenters.